The van der Waals surface area contributed by atoms with E-state index in [1.54, 1.807) is 0 Å². The van der Waals surface area contributed by atoms with Crippen LogP contribution in [0.5, 0.6) is 5.75 Å². The Morgan fingerprint density at radius 1 is 1.29 bits per heavy atom. The molecule has 6 nitrogen and oxygen atoms in total. The van der Waals surface area contributed by atoms with Gasteiger partial charge in [-0.25, -0.2) is 0 Å². The SMILES string of the molecule is CC(C)(C)NC(=O)C[C@@H]1CCNC[C@@H]1Cc1cc(COc2ccccc2)on1. The number of hydrogen-bond acceptors (Lipinski definition) is 5. The summed E-state index contributed by atoms with van der Waals surface area (Å²) in [6.07, 6.45) is 2.37. The van der Waals surface area contributed by atoms with Gasteiger partial charge >= 0.3 is 0 Å². The highest BCUT2D eigenvalue weighted by molar-refractivity contribution is 5.76. The van der Waals surface area contributed by atoms with Gasteiger partial charge in [-0.15, -0.1) is 0 Å². The average molecular weight is 386 g/mol. The minimum Gasteiger partial charge on any atom is -0.486 e. The third kappa shape index (κ3) is 6.37. The van der Waals surface area contributed by atoms with Crippen LogP contribution in [-0.4, -0.2) is 29.7 Å². The van der Waals surface area contributed by atoms with Gasteiger partial charge in [0.2, 0.25) is 5.91 Å². The van der Waals surface area contributed by atoms with Gasteiger partial charge in [-0.05, 0) is 70.7 Å². The smallest absolute Gasteiger partial charge is 0.220 e. The van der Waals surface area contributed by atoms with E-state index in [2.05, 4.69) is 15.8 Å². The molecule has 0 spiro atoms. The van der Waals surface area contributed by atoms with Crippen LogP contribution in [0.4, 0.5) is 0 Å². The molecular weight excluding hydrogens is 354 g/mol. The topological polar surface area (TPSA) is 76.4 Å². The molecule has 1 saturated heterocycles. The standard InChI is InChI=1S/C22H31N3O3/c1-22(2,3)24-21(26)12-16-9-10-23-14-17(16)11-18-13-20(28-25-18)15-27-19-7-5-4-6-8-19/h4-8,13,16-17,23H,9-12,14-15H2,1-3H3,(H,24,26)/t16-,17-/m0/s1. The van der Waals surface area contributed by atoms with Gasteiger partial charge in [0.1, 0.15) is 12.4 Å². The van der Waals surface area contributed by atoms with Gasteiger partial charge in [0.25, 0.3) is 0 Å². The number of hydrogen-bond donors (Lipinski definition) is 2. The third-order valence-electron chi connectivity index (χ3n) is 4.93. The number of ether oxygens (including phenoxy) is 1. The summed E-state index contributed by atoms with van der Waals surface area (Å²) in [5, 5.41) is 10.7. The van der Waals surface area contributed by atoms with Crippen LogP contribution >= 0.6 is 0 Å². The van der Waals surface area contributed by atoms with Gasteiger partial charge in [0.15, 0.2) is 5.76 Å². The van der Waals surface area contributed by atoms with E-state index >= 15 is 0 Å². The lowest BCUT2D eigenvalue weighted by Gasteiger charge is -2.32. The summed E-state index contributed by atoms with van der Waals surface area (Å²) in [6.45, 7) is 8.25. The van der Waals surface area contributed by atoms with Gasteiger partial charge in [-0.3, -0.25) is 4.79 Å². The van der Waals surface area contributed by atoms with Gasteiger partial charge < -0.3 is 19.9 Å². The number of amides is 1. The third-order valence-corrected chi connectivity index (χ3v) is 4.93. The first-order valence-electron chi connectivity index (χ1n) is 10.0. The lowest BCUT2D eigenvalue weighted by atomic mass is 9.81. The molecule has 0 radical (unpaired) electrons. The van der Waals surface area contributed by atoms with Crippen LogP contribution in [0, 0.1) is 11.8 Å². The summed E-state index contributed by atoms with van der Waals surface area (Å²) in [4.78, 5) is 12.4. The number of nitrogens with one attached hydrogen (secondary N) is 2. The Hall–Kier alpha value is -2.34. The molecule has 2 N–H and O–H groups in total. The second-order valence-electron chi connectivity index (χ2n) is 8.61. The zero-order valence-electron chi connectivity index (χ0n) is 17.0. The largest absolute Gasteiger partial charge is 0.486 e. The van der Waals surface area contributed by atoms with Crippen LogP contribution in [0.3, 0.4) is 0 Å². The number of benzene rings is 1. The second-order valence-corrected chi connectivity index (χ2v) is 8.61. The number of rotatable bonds is 7. The first-order valence-corrected chi connectivity index (χ1v) is 10.0. The molecule has 1 aromatic carbocycles. The van der Waals surface area contributed by atoms with Crippen molar-refractivity contribution in [2.45, 2.75) is 52.2 Å². The van der Waals surface area contributed by atoms with E-state index in [1.165, 1.54) is 0 Å². The maximum atomic E-state index is 12.4. The monoisotopic (exact) mass is 385 g/mol. The molecule has 2 heterocycles. The Balaban J connectivity index is 1.54. The normalized spacial score (nSPS) is 20.0. The molecule has 0 bridgehead atoms. The van der Waals surface area contributed by atoms with E-state index in [4.69, 9.17) is 9.26 Å². The van der Waals surface area contributed by atoms with Crippen molar-refractivity contribution in [1.29, 1.82) is 0 Å². The molecule has 0 saturated carbocycles. The van der Waals surface area contributed by atoms with Gasteiger partial charge in [0, 0.05) is 18.0 Å². The first kappa shape index (κ1) is 20.4. The van der Waals surface area contributed by atoms with Gasteiger partial charge in [0.05, 0.1) is 5.69 Å². The molecule has 1 amide bonds. The number of carbonyl (C=O) groups is 1. The van der Waals surface area contributed by atoms with Crippen LogP contribution in [-0.2, 0) is 17.8 Å². The van der Waals surface area contributed by atoms with Crippen molar-refractivity contribution < 1.29 is 14.1 Å². The van der Waals surface area contributed by atoms with E-state index in [0.29, 0.717) is 30.6 Å². The van der Waals surface area contributed by atoms with Crippen LogP contribution in [0.2, 0.25) is 0 Å². The number of aromatic nitrogens is 1. The van der Waals surface area contributed by atoms with Crippen molar-refractivity contribution in [3.05, 3.63) is 47.9 Å². The zero-order valence-corrected chi connectivity index (χ0v) is 17.0. The number of nitrogens with zero attached hydrogens (tertiary/aromatic N) is 1. The number of carbonyl (C=O) groups excluding carboxylic acids is 1. The van der Waals surface area contributed by atoms with E-state index in [1.807, 2.05) is 57.2 Å². The molecule has 0 unspecified atom stereocenters. The summed E-state index contributed by atoms with van der Waals surface area (Å²) in [5.41, 5.74) is 0.723. The molecule has 3 rings (SSSR count). The Morgan fingerprint density at radius 2 is 2.07 bits per heavy atom. The molecule has 1 fully saturated rings. The molecular formula is C22H31N3O3. The molecule has 0 aliphatic carbocycles. The van der Waals surface area contributed by atoms with Crippen molar-refractivity contribution in [2.24, 2.45) is 11.8 Å². The van der Waals surface area contributed by atoms with Crippen molar-refractivity contribution >= 4 is 5.91 Å². The first-order chi connectivity index (χ1) is 13.4. The number of piperidine rings is 1. The predicted octanol–water partition coefficient (Wildman–Crippen LogP) is 3.33. The maximum Gasteiger partial charge on any atom is 0.220 e. The van der Waals surface area contributed by atoms with Crippen LogP contribution in [0.25, 0.3) is 0 Å². The molecule has 6 heteroatoms. The highest BCUT2D eigenvalue weighted by Gasteiger charge is 2.29. The highest BCUT2D eigenvalue weighted by Crippen LogP contribution is 2.26. The summed E-state index contributed by atoms with van der Waals surface area (Å²) in [7, 11) is 0. The van der Waals surface area contributed by atoms with Gasteiger partial charge in [-0.2, -0.15) is 0 Å². The van der Waals surface area contributed by atoms with Crippen molar-refractivity contribution in [2.75, 3.05) is 13.1 Å². The molecule has 28 heavy (non-hydrogen) atoms. The fraction of sp³-hybridized carbons (Fsp3) is 0.545. The van der Waals surface area contributed by atoms with Crippen LogP contribution < -0.4 is 15.4 Å². The fourth-order valence-electron chi connectivity index (χ4n) is 3.65. The lowest BCUT2D eigenvalue weighted by molar-refractivity contribution is -0.124. The summed E-state index contributed by atoms with van der Waals surface area (Å²) < 4.78 is 11.2. The van der Waals surface area contributed by atoms with Crippen LogP contribution in [0.1, 0.15) is 45.1 Å². The summed E-state index contributed by atoms with van der Waals surface area (Å²) >= 11 is 0. The second kappa shape index (κ2) is 9.24. The zero-order chi connectivity index (χ0) is 20.0. The van der Waals surface area contributed by atoms with Crippen molar-refractivity contribution in [3.63, 3.8) is 0 Å². The molecule has 152 valence electrons. The summed E-state index contributed by atoms with van der Waals surface area (Å²) in [5.74, 6) is 2.37. The Morgan fingerprint density at radius 3 is 2.82 bits per heavy atom. The molecule has 1 aliphatic heterocycles. The Kier molecular flexibility index (Phi) is 6.73. The highest BCUT2D eigenvalue weighted by atomic mass is 16.5. The Labute approximate surface area is 167 Å². The maximum absolute atomic E-state index is 12.4. The minimum absolute atomic E-state index is 0.126. The van der Waals surface area contributed by atoms with Crippen LogP contribution in [0.15, 0.2) is 40.9 Å². The molecule has 2 aromatic rings. The molecule has 1 aliphatic rings. The molecule has 2 atom stereocenters. The number of para-hydroxylation sites is 1. The quantitative estimate of drug-likeness (QED) is 0.765. The average Bonchev–Trinajstić information content (AvgIpc) is 3.08. The fourth-order valence-corrected chi connectivity index (χ4v) is 3.65. The van der Waals surface area contributed by atoms with E-state index in [9.17, 15) is 4.79 Å². The minimum atomic E-state index is -0.195. The molecule has 1 aromatic heterocycles. The predicted molar refractivity (Wildman–Crippen MR) is 108 cm³/mol. The van der Waals surface area contributed by atoms with E-state index in [0.717, 1.165) is 37.4 Å². The van der Waals surface area contributed by atoms with Crippen molar-refractivity contribution in [1.82, 2.24) is 15.8 Å². The van der Waals surface area contributed by atoms with E-state index < -0.39 is 0 Å². The lowest BCUT2D eigenvalue weighted by Crippen LogP contribution is -2.44. The Bertz CT molecular complexity index is 752. The van der Waals surface area contributed by atoms with Crippen molar-refractivity contribution in [3.8, 4) is 5.75 Å². The van der Waals surface area contributed by atoms with Gasteiger partial charge in [-0.1, -0.05) is 23.4 Å². The summed E-state index contributed by atoms with van der Waals surface area (Å²) in [6, 6.07) is 11.6. The van der Waals surface area contributed by atoms with E-state index in [-0.39, 0.29) is 11.4 Å².